The van der Waals surface area contributed by atoms with Gasteiger partial charge in [0.25, 0.3) is 0 Å². The molecule has 1 aliphatic carbocycles. The van der Waals surface area contributed by atoms with Gasteiger partial charge >= 0.3 is 0 Å². The zero-order chi connectivity index (χ0) is 11.3. The molecular formula is C12H22N2O. The van der Waals surface area contributed by atoms with Crippen LogP contribution in [-0.4, -0.2) is 35.7 Å². The maximum Gasteiger partial charge on any atom is 0.0947 e. The Bertz CT molecular complexity index is 218. The lowest BCUT2D eigenvalue weighted by Crippen LogP contribution is -2.35. The lowest BCUT2D eigenvalue weighted by molar-refractivity contribution is 0.0958. The first kappa shape index (κ1) is 12.5. The zero-order valence-electron chi connectivity index (χ0n) is 9.82. The largest absolute Gasteiger partial charge is 0.392 e. The van der Waals surface area contributed by atoms with E-state index >= 15 is 0 Å². The summed E-state index contributed by atoms with van der Waals surface area (Å²) in [5, 5.41) is 18.6. The van der Waals surface area contributed by atoms with E-state index in [1.807, 2.05) is 18.9 Å². The van der Waals surface area contributed by atoms with Crippen LogP contribution in [0.25, 0.3) is 0 Å². The van der Waals surface area contributed by atoms with E-state index in [2.05, 4.69) is 6.07 Å². The summed E-state index contributed by atoms with van der Waals surface area (Å²) in [4.78, 5) is 1.92. The second-order valence-corrected chi connectivity index (χ2v) is 4.78. The summed E-state index contributed by atoms with van der Waals surface area (Å²) in [7, 11) is 1.89. The highest BCUT2D eigenvalue weighted by Crippen LogP contribution is 2.28. The van der Waals surface area contributed by atoms with Crippen LogP contribution in [0, 0.1) is 17.2 Å². The Hall–Kier alpha value is -0.590. The van der Waals surface area contributed by atoms with Gasteiger partial charge in [-0.25, -0.2) is 0 Å². The summed E-state index contributed by atoms with van der Waals surface area (Å²) in [5.74, 6) is 0.714. The third-order valence-electron chi connectivity index (χ3n) is 3.43. The van der Waals surface area contributed by atoms with Gasteiger partial charge in [-0.3, -0.25) is 4.90 Å². The van der Waals surface area contributed by atoms with Crippen molar-refractivity contribution in [1.82, 2.24) is 4.90 Å². The van der Waals surface area contributed by atoms with Gasteiger partial charge in [0, 0.05) is 6.54 Å². The van der Waals surface area contributed by atoms with Gasteiger partial charge in [-0.2, -0.15) is 5.26 Å². The van der Waals surface area contributed by atoms with E-state index in [0.717, 1.165) is 6.42 Å². The number of rotatable bonds is 5. The van der Waals surface area contributed by atoms with Crippen LogP contribution in [-0.2, 0) is 0 Å². The van der Waals surface area contributed by atoms with Gasteiger partial charge in [0.15, 0.2) is 0 Å². The Kier molecular flexibility index (Phi) is 5.07. The van der Waals surface area contributed by atoms with Crippen molar-refractivity contribution in [2.24, 2.45) is 5.92 Å². The average molecular weight is 210 g/mol. The van der Waals surface area contributed by atoms with E-state index in [1.165, 1.54) is 25.7 Å². The van der Waals surface area contributed by atoms with Crippen LogP contribution >= 0.6 is 0 Å². The van der Waals surface area contributed by atoms with Crippen LogP contribution in [0.15, 0.2) is 0 Å². The molecule has 0 bridgehead atoms. The van der Waals surface area contributed by atoms with Gasteiger partial charge in [0.1, 0.15) is 0 Å². The fraction of sp³-hybridized carbons (Fsp3) is 0.917. The molecule has 2 unspecified atom stereocenters. The molecule has 3 nitrogen and oxygen atoms in total. The normalized spacial score (nSPS) is 21.5. The molecule has 3 heteroatoms. The quantitative estimate of drug-likeness (QED) is 0.752. The minimum absolute atomic E-state index is 0.108. The summed E-state index contributed by atoms with van der Waals surface area (Å²) in [5.41, 5.74) is 0. The molecule has 0 saturated heterocycles. The van der Waals surface area contributed by atoms with Crippen molar-refractivity contribution in [3.63, 3.8) is 0 Å². The fourth-order valence-corrected chi connectivity index (χ4v) is 2.29. The van der Waals surface area contributed by atoms with Crippen LogP contribution < -0.4 is 0 Å². The molecule has 0 radical (unpaired) electrons. The molecular weight excluding hydrogens is 188 g/mol. The molecule has 0 spiro atoms. The van der Waals surface area contributed by atoms with E-state index < -0.39 is 0 Å². The number of hydrogen-bond donors (Lipinski definition) is 1. The monoisotopic (exact) mass is 210 g/mol. The molecule has 0 aromatic rings. The SMILES string of the molecule is CC(C#N)N(C)CC(O)CC1CCCC1. The lowest BCUT2D eigenvalue weighted by atomic mass is 10.00. The van der Waals surface area contributed by atoms with E-state index in [9.17, 15) is 5.11 Å². The van der Waals surface area contributed by atoms with Crippen molar-refractivity contribution in [2.75, 3.05) is 13.6 Å². The smallest absolute Gasteiger partial charge is 0.0947 e. The Morgan fingerprint density at radius 1 is 1.47 bits per heavy atom. The Morgan fingerprint density at radius 3 is 2.60 bits per heavy atom. The minimum Gasteiger partial charge on any atom is -0.392 e. The first-order valence-electron chi connectivity index (χ1n) is 5.91. The fourth-order valence-electron chi connectivity index (χ4n) is 2.29. The minimum atomic E-state index is -0.270. The second kappa shape index (κ2) is 6.09. The van der Waals surface area contributed by atoms with Crippen LogP contribution in [0.1, 0.15) is 39.0 Å². The van der Waals surface area contributed by atoms with E-state index in [-0.39, 0.29) is 12.1 Å². The number of hydrogen-bond acceptors (Lipinski definition) is 3. The third-order valence-corrected chi connectivity index (χ3v) is 3.43. The molecule has 1 fully saturated rings. The van der Waals surface area contributed by atoms with Gasteiger partial charge in [-0.05, 0) is 26.3 Å². The van der Waals surface area contributed by atoms with Gasteiger partial charge in [-0.1, -0.05) is 25.7 Å². The molecule has 1 saturated carbocycles. The second-order valence-electron chi connectivity index (χ2n) is 4.78. The summed E-state index contributed by atoms with van der Waals surface area (Å²) < 4.78 is 0. The van der Waals surface area contributed by atoms with Crippen LogP contribution in [0.2, 0.25) is 0 Å². The molecule has 2 atom stereocenters. The van der Waals surface area contributed by atoms with Crippen molar-refractivity contribution in [2.45, 2.75) is 51.2 Å². The number of nitrogens with zero attached hydrogens (tertiary/aromatic N) is 2. The van der Waals surface area contributed by atoms with Gasteiger partial charge < -0.3 is 5.11 Å². The standard InChI is InChI=1S/C12H22N2O/c1-10(8-13)14(2)9-12(15)7-11-5-3-4-6-11/h10-12,15H,3-7,9H2,1-2H3. The Labute approximate surface area is 92.7 Å². The molecule has 0 aromatic heterocycles. The number of aliphatic hydroxyl groups is 1. The molecule has 1 aliphatic rings. The van der Waals surface area contributed by atoms with E-state index in [0.29, 0.717) is 12.5 Å². The number of likely N-dealkylation sites (N-methyl/N-ethyl adjacent to an activating group) is 1. The van der Waals surface area contributed by atoms with Crippen LogP contribution in [0.5, 0.6) is 0 Å². The van der Waals surface area contributed by atoms with Crippen LogP contribution in [0.4, 0.5) is 0 Å². The molecule has 1 N–H and O–H groups in total. The Morgan fingerprint density at radius 2 is 2.07 bits per heavy atom. The van der Waals surface area contributed by atoms with E-state index in [1.54, 1.807) is 0 Å². The number of aliphatic hydroxyl groups excluding tert-OH is 1. The summed E-state index contributed by atoms with van der Waals surface area (Å²) >= 11 is 0. The van der Waals surface area contributed by atoms with Gasteiger partial charge in [-0.15, -0.1) is 0 Å². The average Bonchev–Trinajstić information content (AvgIpc) is 2.68. The highest BCUT2D eigenvalue weighted by molar-refractivity contribution is 4.87. The molecule has 15 heavy (non-hydrogen) atoms. The van der Waals surface area contributed by atoms with Crippen molar-refractivity contribution >= 4 is 0 Å². The van der Waals surface area contributed by atoms with Crippen LogP contribution in [0.3, 0.4) is 0 Å². The molecule has 0 aliphatic heterocycles. The predicted octanol–water partition coefficient (Wildman–Crippen LogP) is 1.77. The van der Waals surface area contributed by atoms with Crippen molar-refractivity contribution in [1.29, 1.82) is 5.26 Å². The lowest BCUT2D eigenvalue weighted by Gasteiger charge is -2.23. The molecule has 86 valence electrons. The van der Waals surface area contributed by atoms with E-state index in [4.69, 9.17) is 5.26 Å². The maximum atomic E-state index is 9.87. The third kappa shape index (κ3) is 4.19. The summed E-state index contributed by atoms with van der Waals surface area (Å²) in [6, 6.07) is 2.07. The Balaban J connectivity index is 2.22. The summed E-state index contributed by atoms with van der Waals surface area (Å²) in [6.07, 6.45) is 5.82. The maximum absolute atomic E-state index is 9.87. The highest BCUT2D eigenvalue weighted by atomic mass is 16.3. The number of nitriles is 1. The zero-order valence-corrected chi connectivity index (χ0v) is 9.82. The molecule has 0 heterocycles. The molecule has 1 rings (SSSR count). The van der Waals surface area contributed by atoms with Gasteiger partial charge in [0.2, 0.25) is 0 Å². The summed E-state index contributed by atoms with van der Waals surface area (Å²) in [6.45, 7) is 2.48. The molecule has 0 amide bonds. The molecule has 0 aromatic carbocycles. The highest BCUT2D eigenvalue weighted by Gasteiger charge is 2.20. The predicted molar refractivity (Wildman–Crippen MR) is 60.3 cm³/mol. The first-order valence-corrected chi connectivity index (χ1v) is 5.91. The van der Waals surface area contributed by atoms with Crippen molar-refractivity contribution < 1.29 is 5.11 Å². The first-order chi connectivity index (χ1) is 7.13. The van der Waals surface area contributed by atoms with Gasteiger partial charge in [0.05, 0.1) is 18.2 Å². The van der Waals surface area contributed by atoms with Crippen molar-refractivity contribution in [3.8, 4) is 6.07 Å². The topological polar surface area (TPSA) is 47.3 Å². The van der Waals surface area contributed by atoms with Crippen molar-refractivity contribution in [3.05, 3.63) is 0 Å².